The molecule has 1 saturated heterocycles. The van der Waals surface area contributed by atoms with Crippen molar-refractivity contribution in [3.05, 3.63) is 42.4 Å². The van der Waals surface area contributed by atoms with Gasteiger partial charge in [0, 0.05) is 43.6 Å². The summed E-state index contributed by atoms with van der Waals surface area (Å²) in [5, 5.41) is 8.48. The van der Waals surface area contributed by atoms with E-state index < -0.39 is 0 Å². The minimum absolute atomic E-state index is 0.481. The lowest BCUT2D eigenvalue weighted by Gasteiger charge is -2.32. The summed E-state index contributed by atoms with van der Waals surface area (Å²) < 4.78 is 2.04. The number of hydrogen-bond acceptors (Lipinski definition) is 5. The zero-order valence-electron chi connectivity index (χ0n) is 15.1. The van der Waals surface area contributed by atoms with Crippen molar-refractivity contribution in [1.29, 1.82) is 0 Å². The van der Waals surface area contributed by atoms with Crippen LogP contribution >= 0.6 is 0 Å². The average molecular weight is 348 g/mol. The molecule has 2 aliphatic rings. The highest BCUT2D eigenvalue weighted by molar-refractivity contribution is 5.67. The van der Waals surface area contributed by atoms with Gasteiger partial charge in [0.2, 0.25) is 0 Å². The van der Waals surface area contributed by atoms with Gasteiger partial charge in [0.05, 0.1) is 11.4 Å². The zero-order valence-corrected chi connectivity index (χ0v) is 15.1. The Balaban J connectivity index is 1.61. The second-order valence-corrected chi connectivity index (χ2v) is 7.55. The van der Waals surface area contributed by atoms with E-state index in [0.717, 1.165) is 60.4 Å². The van der Waals surface area contributed by atoms with Gasteiger partial charge in [-0.3, -0.25) is 4.98 Å². The summed E-state index contributed by atoms with van der Waals surface area (Å²) in [5.41, 5.74) is 4.36. The van der Waals surface area contributed by atoms with Crippen molar-refractivity contribution in [1.82, 2.24) is 24.9 Å². The third-order valence-electron chi connectivity index (χ3n) is 5.36. The zero-order chi connectivity index (χ0) is 17.5. The Labute approximate surface area is 153 Å². The summed E-state index contributed by atoms with van der Waals surface area (Å²) in [6, 6.07) is 8.81. The first-order chi connectivity index (χ1) is 12.8. The molecule has 0 unspecified atom stereocenters. The summed E-state index contributed by atoms with van der Waals surface area (Å²) in [5.74, 6) is 1.81. The second kappa shape index (κ2) is 6.36. The minimum Gasteiger partial charge on any atom is -0.352 e. The molecule has 6 nitrogen and oxygen atoms in total. The Morgan fingerprint density at radius 1 is 1.15 bits per heavy atom. The summed E-state index contributed by atoms with van der Waals surface area (Å²) in [6.07, 6.45) is 7.37. The van der Waals surface area contributed by atoms with Gasteiger partial charge >= 0.3 is 0 Å². The number of fused-ring (bicyclic) bond motifs is 1. The molecule has 0 bridgehead atoms. The first-order valence-corrected chi connectivity index (χ1v) is 9.55. The number of imidazole rings is 1. The van der Waals surface area contributed by atoms with Crippen LogP contribution in [0.15, 0.2) is 36.7 Å². The number of hydrogen-bond donors (Lipinski definition) is 1. The van der Waals surface area contributed by atoms with Crippen LogP contribution in [0.2, 0.25) is 0 Å². The highest BCUT2D eigenvalue weighted by Crippen LogP contribution is 2.36. The van der Waals surface area contributed by atoms with Crippen molar-refractivity contribution in [3.8, 4) is 11.3 Å². The average Bonchev–Trinajstić information content (AvgIpc) is 3.40. The summed E-state index contributed by atoms with van der Waals surface area (Å²) in [7, 11) is 0. The van der Waals surface area contributed by atoms with Crippen LogP contribution in [0.4, 0.5) is 5.82 Å². The van der Waals surface area contributed by atoms with Crippen molar-refractivity contribution < 1.29 is 0 Å². The fourth-order valence-electron chi connectivity index (χ4n) is 3.81. The molecule has 3 aromatic rings. The van der Waals surface area contributed by atoms with E-state index in [1.54, 1.807) is 0 Å². The van der Waals surface area contributed by atoms with Gasteiger partial charge in [-0.15, -0.1) is 5.10 Å². The molecule has 0 amide bonds. The molecule has 1 saturated carbocycles. The quantitative estimate of drug-likeness (QED) is 0.785. The molecule has 0 radical (unpaired) electrons. The predicted octanol–water partition coefficient (Wildman–Crippen LogP) is 2.54. The molecule has 134 valence electrons. The van der Waals surface area contributed by atoms with Gasteiger partial charge in [-0.1, -0.05) is 0 Å². The van der Waals surface area contributed by atoms with Crippen molar-refractivity contribution in [3.63, 3.8) is 0 Å². The molecule has 3 aromatic heterocycles. The van der Waals surface area contributed by atoms with Gasteiger partial charge in [-0.05, 0) is 56.4 Å². The SMILES string of the molecule is C[C@@H]1CN(c2ccc3nc(CC4CC4)c(-c4ccncc4)n3n2)CCN1. The lowest BCUT2D eigenvalue weighted by atomic mass is 10.1. The summed E-state index contributed by atoms with van der Waals surface area (Å²) >= 11 is 0. The molecule has 1 atom stereocenters. The Kier molecular flexibility index (Phi) is 3.85. The Morgan fingerprint density at radius 3 is 2.77 bits per heavy atom. The van der Waals surface area contributed by atoms with Crippen LogP contribution in [0.3, 0.4) is 0 Å². The van der Waals surface area contributed by atoms with E-state index in [1.165, 1.54) is 12.8 Å². The third kappa shape index (κ3) is 2.94. The molecule has 0 aromatic carbocycles. The van der Waals surface area contributed by atoms with E-state index in [0.29, 0.717) is 6.04 Å². The Bertz CT molecular complexity index is 915. The fraction of sp³-hybridized carbons (Fsp3) is 0.450. The highest BCUT2D eigenvalue weighted by atomic mass is 15.3. The maximum atomic E-state index is 4.99. The largest absolute Gasteiger partial charge is 0.352 e. The van der Waals surface area contributed by atoms with E-state index in [9.17, 15) is 0 Å². The lowest BCUT2D eigenvalue weighted by molar-refractivity contribution is 0.481. The van der Waals surface area contributed by atoms with Crippen molar-refractivity contribution >= 4 is 11.5 Å². The predicted molar refractivity (Wildman–Crippen MR) is 102 cm³/mol. The molecule has 0 spiro atoms. The molecule has 6 heteroatoms. The molecule has 1 aliphatic carbocycles. The maximum absolute atomic E-state index is 4.99. The minimum atomic E-state index is 0.481. The first-order valence-electron chi connectivity index (χ1n) is 9.55. The lowest BCUT2D eigenvalue weighted by Crippen LogP contribution is -2.49. The number of nitrogens with zero attached hydrogens (tertiary/aromatic N) is 5. The molecule has 1 aliphatic heterocycles. The van der Waals surface area contributed by atoms with Gasteiger partial charge in [0.25, 0.3) is 0 Å². The Hall–Kier alpha value is -2.47. The van der Waals surface area contributed by atoms with E-state index >= 15 is 0 Å². The van der Waals surface area contributed by atoms with Crippen LogP contribution in [-0.4, -0.2) is 45.3 Å². The second-order valence-electron chi connectivity index (χ2n) is 7.55. The van der Waals surface area contributed by atoms with Gasteiger partial charge < -0.3 is 10.2 Å². The third-order valence-corrected chi connectivity index (χ3v) is 5.36. The van der Waals surface area contributed by atoms with Crippen LogP contribution in [0.1, 0.15) is 25.5 Å². The van der Waals surface area contributed by atoms with Gasteiger partial charge in [0.1, 0.15) is 5.82 Å². The van der Waals surface area contributed by atoms with E-state index in [2.05, 4.69) is 46.4 Å². The smallest absolute Gasteiger partial charge is 0.154 e. The van der Waals surface area contributed by atoms with Crippen molar-refractivity contribution in [2.45, 2.75) is 32.2 Å². The molecule has 5 rings (SSSR count). The Morgan fingerprint density at radius 2 is 2.00 bits per heavy atom. The molecular weight excluding hydrogens is 324 g/mol. The normalized spacial score (nSPS) is 20.7. The number of piperazine rings is 1. The van der Waals surface area contributed by atoms with Crippen LogP contribution in [-0.2, 0) is 6.42 Å². The number of pyridine rings is 1. The van der Waals surface area contributed by atoms with E-state index in [4.69, 9.17) is 10.1 Å². The van der Waals surface area contributed by atoms with Crippen molar-refractivity contribution in [2.24, 2.45) is 5.92 Å². The summed E-state index contributed by atoms with van der Waals surface area (Å²) in [6.45, 7) is 5.18. The van der Waals surface area contributed by atoms with Gasteiger partial charge in [0.15, 0.2) is 5.65 Å². The van der Waals surface area contributed by atoms with Gasteiger partial charge in [-0.2, -0.15) is 0 Å². The van der Waals surface area contributed by atoms with Gasteiger partial charge in [-0.25, -0.2) is 9.50 Å². The standard InChI is InChI=1S/C20H24N6/c1-14-13-25(11-10-22-14)19-5-4-18-23-17(12-15-2-3-15)20(26(18)24-19)16-6-8-21-9-7-16/h4-9,14-15,22H,2-3,10-13H2,1H3/t14-/m1/s1. The molecule has 1 N–H and O–H groups in total. The monoisotopic (exact) mass is 348 g/mol. The van der Waals surface area contributed by atoms with Crippen LogP contribution in [0, 0.1) is 5.92 Å². The first kappa shape index (κ1) is 15.8. The number of aromatic nitrogens is 4. The molecule has 4 heterocycles. The van der Waals surface area contributed by atoms with Crippen LogP contribution < -0.4 is 10.2 Å². The number of rotatable bonds is 4. The highest BCUT2D eigenvalue weighted by Gasteiger charge is 2.26. The maximum Gasteiger partial charge on any atom is 0.154 e. The van der Waals surface area contributed by atoms with E-state index in [1.807, 2.05) is 16.9 Å². The number of anilines is 1. The summed E-state index contributed by atoms with van der Waals surface area (Å²) in [4.78, 5) is 11.5. The molecular formula is C20H24N6. The topological polar surface area (TPSA) is 58.4 Å². The number of nitrogens with one attached hydrogen (secondary N) is 1. The van der Waals surface area contributed by atoms with Crippen molar-refractivity contribution in [2.75, 3.05) is 24.5 Å². The fourth-order valence-corrected chi connectivity index (χ4v) is 3.81. The molecule has 26 heavy (non-hydrogen) atoms. The van der Waals surface area contributed by atoms with Crippen LogP contribution in [0.25, 0.3) is 16.9 Å². The van der Waals surface area contributed by atoms with E-state index in [-0.39, 0.29) is 0 Å². The molecule has 2 fully saturated rings. The van der Waals surface area contributed by atoms with Crippen LogP contribution in [0.5, 0.6) is 0 Å².